The zero-order chi connectivity index (χ0) is 21.2. The van der Waals surface area contributed by atoms with Gasteiger partial charge in [-0.25, -0.2) is 0 Å². The molecule has 2 aromatic rings. The second-order valence-corrected chi connectivity index (χ2v) is 8.56. The highest BCUT2D eigenvalue weighted by Gasteiger charge is 2.44. The molecular weight excluding hydrogens is 377 g/mol. The van der Waals surface area contributed by atoms with Gasteiger partial charge in [-0.1, -0.05) is 50.2 Å². The van der Waals surface area contributed by atoms with Crippen molar-refractivity contribution in [2.75, 3.05) is 0 Å². The van der Waals surface area contributed by atoms with E-state index in [1.165, 1.54) is 33.4 Å². The molecule has 0 fully saturated rings. The zero-order valence-electron chi connectivity index (χ0n) is 16.3. The summed E-state index contributed by atoms with van der Waals surface area (Å²) in [5, 5.41) is 0. The smallest absolute Gasteiger partial charge is 0.279 e. The molecule has 0 radical (unpaired) electrons. The number of rotatable bonds is 2. The van der Waals surface area contributed by atoms with Crippen molar-refractivity contribution in [3.05, 3.63) is 69.8 Å². The summed E-state index contributed by atoms with van der Waals surface area (Å²) in [7, 11) is -5.84. The van der Waals surface area contributed by atoms with Crippen LogP contribution >= 0.6 is 0 Å². The molecule has 0 saturated carbocycles. The Hall–Kier alpha value is -1.86. The molecule has 0 aliphatic rings. The Kier molecular flexibility index (Phi) is 6.89. The predicted octanol–water partition coefficient (Wildman–Crippen LogP) is 5.64. The van der Waals surface area contributed by atoms with Gasteiger partial charge in [-0.15, -0.1) is 0 Å². The van der Waals surface area contributed by atoms with E-state index in [2.05, 4.69) is 77.9 Å². The highest BCUT2D eigenvalue weighted by molar-refractivity contribution is 7.86. The quantitative estimate of drug-likeness (QED) is 0.522. The molecular formula is C20H25F3O3S. The standard InChI is InChI=1S/C19H24.CHF3O3S/c1-13-7-9-17(11-15(13)3)19(5,6)18-10-8-14(2)16(4)12-18;2-1(3,4)8(5,6)7/h7-12H,1-6H3;(H,5,6,7). The molecule has 0 aromatic heterocycles. The molecule has 0 aliphatic heterocycles. The summed E-state index contributed by atoms with van der Waals surface area (Å²) >= 11 is 0. The van der Waals surface area contributed by atoms with Gasteiger partial charge in [0.1, 0.15) is 0 Å². The molecule has 0 atom stereocenters. The summed E-state index contributed by atoms with van der Waals surface area (Å²) in [5.41, 5.74) is 2.75. The van der Waals surface area contributed by atoms with Crippen LogP contribution in [0.2, 0.25) is 0 Å². The average molecular weight is 402 g/mol. The van der Waals surface area contributed by atoms with Crippen LogP contribution in [0.4, 0.5) is 13.2 Å². The molecule has 0 amide bonds. The Morgan fingerprint density at radius 3 is 1.26 bits per heavy atom. The van der Waals surface area contributed by atoms with E-state index in [-0.39, 0.29) is 5.41 Å². The highest BCUT2D eigenvalue weighted by Crippen LogP contribution is 2.33. The van der Waals surface area contributed by atoms with Gasteiger partial charge in [0.05, 0.1) is 0 Å². The Morgan fingerprint density at radius 1 is 0.741 bits per heavy atom. The third kappa shape index (κ3) is 5.81. The van der Waals surface area contributed by atoms with E-state index < -0.39 is 15.6 Å². The lowest BCUT2D eigenvalue weighted by molar-refractivity contribution is -0.0510. The average Bonchev–Trinajstić information content (AvgIpc) is 2.51. The van der Waals surface area contributed by atoms with E-state index in [0.717, 1.165) is 0 Å². The third-order valence-corrected chi connectivity index (χ3v) is 5.33. The van der Waals surface area contributed by atoms with Gasteiger partial charge in [0, 0.05) is 5.41 Å². The summed E-state index contributed by atoms with van der Waals surface area (Å²) < 4.78 is 57.5. The summed E-state index contributed by atoms with van der Waals surface area (Å²) in [6.45, 7) is 13.3. The maximum absolute atomic E-state index is 10.7. The first-order valence-corrected chi connectivity index (χ1v) is 9.70. The van der Waals surface area contributed by atoms with Gasteiger partial charge in [-0.2, -0.15) is 21.6 Å². The molecule has 0 saturated heterocycles. The van der Waals surface area contributed by atoms with Crippen LogP contribution in [-0.4, -0.2) is 18.5 Å². The first-order valence-electron chi connectivity index (χ1n) is 8.26. The molecule has 7 heteroatoms. The van der Waals surface area contributed by atoms with Crippen LogP contribution in [0.3, 0.4) is 0 Å². The fraction of sp³-hybridized carbons (Fsp3) is 0.400. The van der Waals surface area contributed by atoms with Gasteiger partial charge in [0.2, 0.25) is 0 Å². The zero-order valence-corrected chi connectivity index (χ0v) is 17.1. The number of hydrogen-bond acceptors (Lipinski definition) is 2. The van der Waals surface area contributed by atoms with Gasteiger partial charge in [0.15, 0.2) is 0 Å². The van der Waals surface area contributed by atoms with Crippen molar-refractivity contribution in [2.45, 2.75) is 52.5 Å². The summed E-state index contributed by atoms with van der Waals surface area (Å²) in [4.78, 5) is 0. The topological polar surface area (TPSA) is 54.4 Å². The van der Waals surface area contributed by atoms with Crippen molar-refractivity contribution in [3.8, 4) is 0 Å². The van der Waals surface area contributed by atoms with Crippen LogP contribution in [0, 0.1) is 27.7 Å². The van der Waals surface area contributed by atoms with E-state index in [0.29, 0.717) is 0 Å². The number of aryl methyl sites for hydroxylation is 4. The Labute approximate surface area is 159 Å². The van der Waals surface area contributed by atoms with Crippen molar-refractivity contribution < 1.29 is 26.1 Å². The molecule has 0 aliphatic carbocycles. The number of halogens is 3. The normalized spacial score (nSPS) is 12.4. The summed E-state index contributed by atoms with van der Waals surface area (Å²) in [5.74, 6) is 0. The molecule has 0 heterocycles. The van der Waals surface area contributed by atoms with Gasteiger partial charge in [-0.05, 0) is 61.1 Å². The predicted molar refractivity (Wildman–Crippen MR) is 102 cm³/mol. The first kappa shape index (κ1) is 23.2. The lowest BCUT2D eigenvalue weighted by Crippen LogP contribution is -2.21. The van der Waals surface area contributed by atoms with Crippen LogP contribution in [0.15, 0.2) is 36.4 Å². The van der Waals surface area contributed by atoms with E-state index in [1.807, 2.05) is 0 Å². The van der Waals surface area contributed by atoms with Crippen LogP contribution in [-0.2, 0) is 15.5 Å². The molecule has 27 heavy (non-hydrogen) atoms. The molecule has 1 N–H and O–H groups in total. The number of alkyl halides is 3. The van der Waals surface area contributed by atoms with E-state index in [4.69, 9.17) is 13.0 Å². The fourth-order valence-corrected chi connectivity index (χ4v) is 2.43. The molecule has 0 bridgehead atoms. The maximum Gasteiger partial charge on any atom is 0.522 e. The maximum atomic E-state index is 10.7. The van der Waals surface area contributed by atoms with Gasteiger partial charge >= 0.3 is 15.6 Å². The van der Waals surface area contributed by atoms with Crippen LogP contribution in [0.25, 0.3) is 0 Å². The molecule has 150 valence electrons. The second-order valence-electron chi connectivity index (χ2n) is 7.14. The Morgan fingerprint density at radius 2 is 1.04 bits per heavy atom. The van der Waals surface area contributed by atoms with Crippen LogP contribution in [0.1, 0.15) is 47.2 Å². The lowest BCUT2D eigenvalue weighted by atomic mass is 9.76. The Bertz CT molecular complexity index is 861. The van der Waals surface area contributed by atoms with Gasteiger partial charge < -0.3 is 0 Å². The van der Waals surface area contributed by atoms with E-state index in [1.54, 1.807) is 0 Å². The van der Waals surface area contributed by atoms with E-state index >= 15 is 0 Å². The molecule has 0 spiro atoms. The van der Waals surface area contributed by atoms with Crippen molar-refractivity contribution in [1.82, 2.24) is 0 Å². The van der Waals surface area contributed by atoms with Gasteiger partial charge in [0.25, 0.3) is 0 Å². The van der Waals surface area contributed by atoms with Crippen molar-refractivity contribution in [2.24, 2.45) is 0 Å². The largest absolute Gasteiger partial charge is 0.522 e. The lowest BCUT2D eigenvalue weighted by Gasteiger charge is -2.27. The minimum absolute atomic E-state index is 0.0525. The third-order valence-electron chi connectivity index (χ3n) is 4.75. The second kappa shape index (κ2) is 8.02. The van der Waals surface area contributed by atoms with Crippen LogP contribution in [0.5, 0.6) is 0 Å². The molecule has 2 aromatic carbocycles. The molecule has 3 nitrogen and oxygen atoms in total. The number of benzene rings is 2. The summed E-state index contributed by atoms with van der Waals surface area (Å²) in [6, 6.07) is 13.6. The van der Waals surface area contributed by atoms with E-state index in [9.17, 15) is 13.2 Å². The van der Waals surface area contributed by atoms with Gasteiger partial charge in [-0.3, -0.25) is 4.55 Å². The highest BCUT2D eigenvalue weighted by atomic mass is 32.2. The first-order chi connectivity index (χ1) is 12.1. The monoisotopic (exact) mass is 402 g/mol. The van der Waals surface area contributed by atoms with Crippen molar-refractivity contribution in [3.63, 3.8) is 0 Å². The fourth-order valence-electron chi connectivity index (χ4n) is 2.43. The Balaban J connectivity index is 0.000000387. The minimum Gasteiger partial charge on any atom is -0.279 e. The summed E-state index contributed by atoms with van der Waals surface area (Å²) in [6.07, 6.45) is 0. The molecule has 2 rings (SSSR count). The number of hydrogen-bond donors (Lipinski definition) is 1. The molecule has 0 unspecified atom stereocenters. The SMILES string of the molecule is Cc1ccc(C(C)(C)c2ccc(C)c(C)c2)cc1C.O=S(=O)(O)C(F)(F)F. The minimum atomic E-state index is -5.84. The van der Waals surface area contributed by atoms with Crippen LogP contribution < -0.4 is 0 Å². The van der Waals surface area contributed by atoms with Crippen molar-refractivity contribution >= 4 is 10.1 Å². The van der Waals surface area contributed by atoms with Crippen molar-refractivity contribution in [1.29, 1.82) is 0 Å².